The maximum absolute atomic E-state index is 13.1. The predicted molar refractivity (Wildman–Crippen MR) is 88.8 cm³/mol. The molecule has 0 spiro atoms. The van der Waals surface area contributed by atoms with Gasteiger partial charge < -0.3 is 0 Å². The summed E-state index contributed by atoms with van der Waals surface area (Å²) in [6.07, 6.45) is 0.627. The lowest BCUT2D eigenvalue weighted by atomic mass is 9.95. The maximum Gasteiger partial charge on any atom is 0.270 e. The summed E-state index contributed by atoms with van der Waals surface area (Å²) >= 11 is 0. The second-order valence-electron chi connectivity index (χ2n) is 6.14. The van der Waals surface area contributed by atoms with Gasteiger partial charge in [-0.15, -0.1) is 0 Å². The van der Waals surface area contributed by atoms with Crippen molar-refractivity contribution in [3.05, 3.63) is 69.3 Å². The zero-order chi connectivity index (χ0) is 17.8. The Hall–Kier alpha value is -2.58. The Morgan fingerprint density at radius 3 is 2.68 bits per heavy atom. The van der Waals surface area contributed by atoms with E-state index in [0.717, 1.165) is 17.2 Å². The lowest BCUT2D eigenvalue weighted by molar-refractivity contribution is -0.385. The number of hydrogen-bond donors (Lipinski definition) is 0. The molecule has 25 heavy (non-hydrogen) atoms. The lowest BCUT2D eigenvalue weighted by Crippen LogP contribution is -2.39. The minimum absolute atomic E-state index is 0.0667. The molecule has 1 heterocycles. The highest BCUT2D eigenvalue weighted by Crippen LogP contribution is 2.43. The summed E-state index contributed by atoms with van der Waals surface area (Å²) in [6, 6.07) is 9.95. The highest BCUT2D eigenvalue weighted by atomic mass is 32.2. The zero-order valence-electron chi connectivity index (χ0n) is 13.1. The Morgan fingerprint density at radius 1 is 1.16 bits per heavy atom. The van der Waals surface area contributed by atoms with Gasteiger partial charge in [-0.3, -0.25) is 14.9 Å². The van der Waals surface area contributed by atoms with Crippen LogP contribution in [0.3, 0.4) is 0 Å². The van der Waals surface area contributed by atoms with Crippen LogP contribution in [0.25, 0.3) is 0 Å². The van der Waals surface area contributed by atoms with E-state index in [-0.39, 0.29) is 29.3 Å². The van der Waals surface area contributed by atoms with Crippen molar-refractivity contribution in [3.8, 4) is 0 Å². The molecule has 128 valence electrons. The molecule has 0 aromatic heterocycles. The molecule has 0 fully saturated rings. The van der Waals surface area contributed by atoms with Crippen LogP contribution in [0.2, 0.25) is 0 Å². The standard InChI is InChI=1S/C17H14N2O5S/c20-16-10-15-17-11(3-1-6-14(16)17)7-8-18(15)25(23,24)13-5-2-4-12(9-13)19(21)22/h1-6,9,15H,7-8,10H2. The number of non-ortho nitro benzene ring substituents is 1. The Bertz CT molecular complexity index is 1020. The second-order valence-corrected chi connectivity index (χ2v) is 8.03. The fourth-order valence-electron chi connectivity index (χ4n) is 3.67. The summed E-state index contributed by atoms with van der Waals surface area (Å²) in [5, 5.41) is 10.9. The van der Waals surface area contributed by atoms with Crippen LogP contribution in [-0.2, 0) is 16.4 Å². The normalized spacial score (nSPS) is 19.7. The highest BCUT2D eigenvalue weighted by Gasteiger charge is 2.43. The average Bonchev–Trinajstić information content (AvgIpc) is 2.93. The molecule has 1 aliphatic heterocycles. The van der Waals surface area contributed by atoms with E-state index in [9.17, 15) is 23.3 Å². The number of hydrogen-bond acceptors (Lipinski definition) is 5. The first-order chi connectivity index (χ1) is 11.9. The molecular formula is C17H14N2O5S. The average molecular weight is 358 g/mol. The van der Waals surface area contributed by atoms with Crippen LogP contribution in [0.4, 0.5) is 5.69 Å². The van der Waals surface area contributed by atoms with E-state index in [1.165, 1.54) is 22.5 Å². The number of nitrogens with zero attached hydrogens (tertiary/aromatic N) is 2. The molecule has 0 bridgehead atoms. The molecule has 1 atom stereocenters. The van der Waals surface area contributed by atoms with Crippen LogP contribution < -0.4 is 0 Å². The molecule has 0 amide bonds. The Labute approximate surface area is 144 Å². The van der Waals surface area contributed by atoms with E-state index in [2.05, 4.69) is 0 Å². The van der Waals surface area contributed by atoms with Crippen LogP contribution in [0, 0.1) is 10.1 Å². The number of nitro benzene ring substituents is 1. The van der Waals surface area contributed by atoms with Gasteiger partial charge >= 0.3 is 0 Å². The summed E-state index contributed by atoms with van der Waals surface area (Å²) in [6.45, 7) is 0.249. The molecule has 7 nitrogen and oxygen atoms in total. The van der Waals surface area contributed by atoms with Crippen molar-refractivity contribution < 1.29 is 18.1 Å². The van der Waals surface area contributed by atoms with Crippen molar-refractivity contribution in [2.45, 2.75) is 23.8 Å². The molecule has 0 saturated carbocycles. The fraction of sp³-hybridized carbons (Fsp3) is 0.235. The molecule has 1 aliphatic carbocycles. The molecule has 0 saturated heterocycles. The van der Waals surface area contributed by atoms with E-state index in [1.54, 1.807) is 6.07 Å². The summed E-state index contributed by atoms with van der Waals surface area (Å²) < 4.78 is 27.4. The number of carbonyl (C=O) groups is 1. The summed E-state index contributed by atoms with van der Waals surface area (Å²) in [5.74, 6) is -0.0667. The molecule has 8 heteroatoms. The number of Topliss-reactive ketones (excluding diaryl/α,β-unsaturated/α-hetero) is 1. The van der Waals surface area contributed by atoms with E-state index in [1.807, 2.05) is 12.1 Å². The molecule has 0 radical (unpaired) electrons. The van der Waals surface area contributed by atoms with Gasteiger partial charge in [0, 0.05) is 30.7 Å². The van der Waals surface area contributed by atoms with Gasteiger partial charge in [0.05, 0.1) is 15.9 Å². The predicted octanol–water partition coefficient (Wildman–Crippen LogP) is 2.47. The van der Waals surface area contributed by atoms with Gasteiger partial charge in [-0.25, -0.2) is 8.42 Å². The molecule has 1 unspecified atom stereocenters. The summed E-state index contributed by atoms with van der Waals surface area (Å²) in [5.41, 5.74) is 2.09. The number of ketones is 1. The van der Waals surface area contributed by atoms with Gasteiger partial charge in [-0.1, -0.05) is 24.3 Å². The van der Waals surface area contributed by atoms with Crippen LogP contribution in [-0.4, -0.2) is 30.0 Å². The Balaban J connectivity index is 1.80. The first-order valence-corrected chi connectivity index (χ1v) is 9.25. The third-order valence-corrected chi connectivity index (χ3v) is 6.70. The van der Waals surface area contributed by atoms with Crippen molar-refractivity contribution in [1.82, 2.24) is 4.31 Å². The van der Waals surface area contributed by atoms with E-state index >= 15 is 0 Å². The number of benzene rings is 2. The van der Waals surface area contributed by atoms with Crippen LogP contribution in [0.15, 0.2) is 47.4 Å². The Morgan fingerprint density at radius 2 is 1.92 bits per heavy atom. The third kappa shape index (κ3) is 2.37. The lowest BCUT2D eigenvalue weighted by Gasteiger charge is -2.33. The van der Waals surface area contributed by atoms with E-state index < -0.39 is 21.0 Å². The van der Waals surface area contributed by atoms with Gasteiger partial charge in [-0.05, 0) is 23.6 Å². The highest BCUT2D eigenvalue weighted by molar-refractivity contribution is 7.89. The van der Waals surface area contributed by atoms with Gasteiger partial charge in [-0.2, -0.15) is 4.31 Å². The second kappa shape index (κ2) is 5.47. The monoisotopic (exact) mass is 358 g/mol. The molecule has 2 aromatic rings. The minimum Gasteiger partial charge on any atom is -0.294 e. The molecular weight excluding hydrogens is 344 g/mol. The van der Waals surface area contributed by atoms with E-state index in [0.29, 0.717) is 12.0 Å². The van der Waals surface area contributed by atoms with Crippen LogP contribution in [0.5, 0.6) is 0 Å². The SMILES string of the molecule is O=C1CC2c3c(cccc31)CCN2S(=O)(=O)c1cccc([N+](=O)[O-])c1. The third-order valence-electron chi connectivity index (χ3n) is 4.79. The molecule has 4 rings (SSSR count). The minimum atomic E-state index is -3.94. The maximum atomic E-state index is 13.1. The zero-order valence-corrected chi connectivity index (χ0v) is 13.9. The van der Waals surface area contributed by atoms with Crippen molar-refractivity contribution >= 4 is 21.5 Å². The molecule has 2 aromatic carbocycles. The van der Waals surface area contributed by atoms with Crippen molar-refractivity contribution in [2.24, 2.45) is 0 Å². The van der Waals surface area contributed by atoms with Crippen molar-refractivity contribution in [1.29, 1.82) is 0 Å². The molecule has 2 aliphatic rings. The molecule has 0 N–H and O–H groups in total. The van der Waals surface area contributed by atoms with E-state index in [4.69, 9.17) is 0 Å². The number of sulfonamides is 1. The number of carbonyl (C=O) groups excluding carboxylic acids is 1. The van der Waals surface area contributed by atoms with Crippen molar-refractivity contribution in [3.63, 3.8) is 0 Å². The van der Waals surface area contributed by atoms with Crippen LogP contribution in [0.1, 0.15) is 33.9 Å². The fourth-order valence-corrected chi connectivity index (χ4v) is 5.31. The number of rotatable bonds is 3. The Kier molecular flexibility index (Phi) is 3.48. The number of nitro groups is 1. The quantitative estimate of drug-likeness (QED) is 0.620. The van der Waals surface area contributed by atoms with Crippen LogP contribution >= 0.6 is 0 Å². The summed E-state index contributed by atoms with van der Waals surface area (Å²) in [7, 11) is -3.94. The van der Waals surface area contributed by atoms with Crippen molar-refractivity contribution in [2.75, 3.05) is 6.54 Å². The first-order valence-electron chi connectivity index (χ1n) is 7.81. The smallest absolute Gasteiger partial charge is 0.270 e. The summed E-state index contributed by atoms with van der Waals surface area (Å²) in [4.78, 5) is 22.5. The van der Waals surface area contributed by atoms with Gasteiger partial charge in [0.2, 0.25) is 10.0 Å². The topological polar surface area (TPSA) is 97.6 Å². The van der Waals surface area contributed by atoms with Gasteiger partial charge in [0.25, 0.3) is 5.69 Å². The largest absolute Gasteiger partial charge is 0.294 e. The first kappa shape index (κ1) is 15.9. The van der Waals surface area contributed by atoms with Gasteiger partial charge in [0.1, 0.15) is 0 Å². The van der Waals surface area contributed by atoms with Gasteiger partial charge in [0.15, 0.2) is 5.78 Å².